The molecule has 0 heterocycles. The summed E-state index contributed by atoms with van der Waals surface area (Å²) in [5.74, 6) is 1.46. The van der Waals surface area contributed by atoms with Crippen LogP contribution in [0.1, 0.15) is 51.0 Å². The van der Waals surface area contributed by atoms with Crippen LogP contribution in [0.5, 0.6) is 0 Å². The molecule has 150 valence electrons. The number of nitrogens with one attached hydrogen (secondary N) is 2. The highest BCUT2D eigenvalue weighted by molar-refractivity contribution is 7.80. The van der Waals surface area contributed by atoms with Crippen molar-refractivity contribution in [2.75, 3.05) is 7.05 Å². The second kappa shape index (κ2) is 12.6. The summed E-state index contributed by atoms with van der Waals surface area (Å²) in [5.41, 5.74) is 1.22. The average molecular weight is 412 g/mol. The second-order valence-corrected chi connectivity index (χ2v) is 7.75. The van der Waals surface area contributed by atoms with E-state index in [2.05, 4.69) is 53.2 Å². The number of hydrogen-bond donors (Lipinski definition) is 2. The van der Waals surface area contributed by atoms with Crippen molar-refractivity contribution in [1.29, 1.82) is 0 Å². The van der Waals surface area contributed by atoms with Crippen LogP contribution in [0.4, 0.5) is 0 Å². The normalized spacial score (nSPS) is 21.1. The number of carbonyl (C=O) groups is 1. The van der Waals surface area contributed by atoms with Crippen LogP contribution in [-0.4, -0.2) is 33.0 Å². The van der Waals surface area contributed by atoms with E-state index < -0.39 is 10.5 Å². The van der Waals surface area contributed by atoms with Crippen molar-refractivity contribution in [3.05, 3.63) is 35.9 Å². The smallest absolute Gasteiger partial charge is 0.311 e. The third-order valence-corrected chi connectivity index (χ3v) is 5.61. The van der Waals surface area contributed by atoms with Gasteiger partial charge < -0.3 is 10.6 Å². The van der Waals surface area contributed by atoms with Crippen LogP contribution in [0.15, 0.2) is 34.7 Å². The summed E-state index contributed by atoms with van der Waals surface area (Å²) in [6.07, 6.45) is 5.21. The molecule has 0 saturated heterocycles. The third kappa shape index (κ3) is 8.62. The molecule has 1 amide bonds. The molecule has 4 unspecified atom stereocenters. The zero-order valence-corrected chi connectivity index (χ0v) is 17.7. The Bertz CT molecular complexity index is 715. The highest BCUT2D eigenvalue weighted by Gasteiger charge is 2.51. The lowest BCUT2D eigenvalue weighted by Crippen LogP contribution is -2.30. The lowest BCUT2D eigenvalue weighted by Gasteiger charge is -2.07. The molecule has 0 aromatic heterocycles. The SMILES string of the molecule is CCC(C)CCCC1C(N=S(=O)=O)C1c1ccccc1.CNC(=S)NC=O. The maximum absolute atomic E-state index is 10.8. The van der Waals surface area contributed by atoms with Crippen molar-refractivity contribution in [3.63, 3.8) is 0 Å². The lowest BCUT2D eigenvalue weighted by molar-refractivity contribution is -0.108. The molecule has 1 fully saturated rings. The number of benzene rings is 1. The average Bonchev–Trinajstić information content (AvgIpc) is 3.34. The van der Waals surface area contributed by atoms with Crippen LogP contribution >= 0.6 is 12.2 Å². The van der Waals surface area contributed by atoms with Crippen LogP contribution in [0, 0.1) is 11.8 Å². The Morgan fingerprint density at radius 2 is 2.00 bits per heavy atom. The molecule has 1 saturated carbocycles. The van der Waals surface area contributed by atoms with Crippen molar-refractivity contribution >= 4 is 34.2 Å². The molecule has 1 aliphatic carbocycles. The van der Waals surface area contributed by atoms with Gasteiger partial charge in [0.05, 0.1) is 6.04 Å². The zero-order chi connectivity index (χ0) is 20.2. The van der Waals surface area contributed by atoms with Gasteiger partial charge in [0.1, 0.15) is 0 Å². The summed E-state index contributed by atoms with van der Waals surface area (Å²) in [7, 11) is -0.652. The Kier molecular flexibility index (Phi) is 10.8. The van der Waals surface area contributed by atoms with Crippen molar-refractivity contribution in [1.82, 2.24) is 10.6 Å². The quantitative estimate of drug-likeness (QED) is 0.506. The van der Waals surface area contributed by atoms with Gasteiger partial charge >= 0.3 is 10.5 Å². The molecule has 0 radical (unpaired) electrons. The maximum Gasteiger partial charge on any atom is 0.311 e. The first-order chi connectivity index (χ1) is 12.9. The maximum atomic E-state index is 10.8. The molecule has 1 aromatic carbocycles. The van der Waals surface area contributed by atoms with E-state index in [1.165, 1.54) is 24.8 Å². The van der Waals surface area contributed by atoms with E-state index in [-0.39, 0.29) is 6.04 Å². The summed E-state index contributed by atoms with van der Waals surface area (Å²) in [6.45, 7) is 4.49. The van der Waals surface area contributed by atoms with Crippen molar-refractivity contribution in [2.24, 2.45) is 16.2 Å². The standard InChI is InChI=1S/C16H23NO2S.C3H6N2OS/c1-3-12(2)8-7-11-14-15(16(14)17-20(18)19)13-9-5-4-6-10-13;1-4-3(7)5-2-6/h4-6,9-10,12,14-16H,3,7-8,11H2,1-2H3;2H,1H3,(H2,4,5,6,7). The highest BCUT2D eigenvalue weighted by Crippen LogP contribution is 2.52. The van der Waals surface area contributed by atoms with E-state index in [4.69, 9.17) is 0 Å². The Morgan fingerprint density at radius 1 is 1.33 bits per heavy atom. The molecular formula is C19H29N3O3S2. The molecule has 4 atom stereocenters. The van der Waals surface area contributed by atoms with Gasteiger partial charge in [-0.1, -0.05) is 63.4 Å². The molecule has 0 spiro atoms. The lowest BCUT2D eigenvalue weighted by atomic mass is 9.99. The highest BCUT2D eigenvalue weighted by atomic mass is 32.2. The fourth-order valence-corrected chi connectivity index (χ4v) is 3.63. The van der Waals surface area contributed by atoms with Crippen LogP contribution in [0.2, 0.25) is 0 Å². The number of carbonyl (C=O) groups excluding carboxylic acids is 1. The van der Waals surface area contributed by atoms with Gasteiger partial charge in [-0.2, -0.15) is 12.8 Å². The number of thiocarbonyl (C=S) groups is 1. The van der Waals surface area contributed by atoms with Crippen LogP contribution in [0.25, 0.3) is 0 Å². The number of nitrogens with zero attached hydrogens (tertiary/aromatic N) is 1. The molecule has 0 aliphatic heterocycles. The number of rotatable bonds is 8. The first kappa shape index (κ1) is 23.2. The van der Waals surface area contributed by atoms with E-state index in [0.29, 0.717) is 23.4 Å². The second-order valence-electron chi connectivity index (χ2n) is 6.70. The molecule has 8 heteroatoms. The zero-order valence-electron chi connectivity index (χ0n) is 16.1. The van der Waals surface area contributed by atoms with Crippen LogP contribution in [0.3, 0.4) is 0 Å². The van der Waals surface area contributed by atoms with Crippen molar-refractivity contribution in [2.45, 2.75) is 51.5 Å². The largest absolute Gasteiger partial charge is 0.365 e. The fraction of sp³-hybridized carbons (Fsp3) is 0.579. The van der Waals surface area contributed by atoms with E-state index in [9.17, 15) is 13.2 Å². The van der Waals surface area contributed by atoms with Crippen molar-refractivity contribution < 1.29 is 13.2 Å². The first-order valence-corrected chi connectivity index (χ1v) is 10.7. The van der Waals surface area contributed by atoms with Gasteiger partial charge in [0.25, 0.3) is 0 Å². The Labute approximate surface area is 168 Å². The summed E-state index contributed by atoms with van der Waals surface area (Å²) < 4.78 is 25.5. The van der Waals surface area contributed by atoms with Crippen LogP contribution in [-0.2, 0) is 15.3 Å². The summed E-state index contributed by atoms with van der Waals surface area (Å²) >= 11 is 4.50. The van der Waals surface area contributed by atoms with E-state index in [0.717, 1.165) is 12.3 Å². The molecular weight excluding hydrogens is 382 g/mol. The fourth-order valence-electron chi connectivity index (χ4n) is 3.10. The molecule has 0 bridgehead atoms. The van der Waals surface area contributed by atoms with Gasteiger partial charge in [-0.15, -0.1) is 0 Å². The topological polar surface area (TPSA) is 87.6 Å². The molecule has 6 nitrogen and oxygen atoms in total. The minimum Gasteiger partial charge on any atom is -0.365 e. The Morgan fingerprint density at radius 3 is 2.48 bits per heavy atom. The summed E-state index contributed by atoms with van der Waals surface area (Å²) in [6, 6.07) is 10.1. The van der Waals surface area contributed by atoms with E-state index in [1.807, 2.05) is 18.2 Å². The molecule has 27 heavy (non-hydrogen) atoms. The molecule has 1 aliphatic rings. The monoisotopic (exact) mass is 411 g/mol. The van der Waals surface area contributed by atoms with Gasteiger partial charge in [-0.05, 0) is 36.0 Å². The summed E-state index contributed by atoms with van der Waals surface area (Å²) in [4.78, 5) is 9.54. The summed E-state index contributed by atoms with van der Waals surface area (Å²) in [5, 5.41) is 5.13. The number of amides is 1. The van der Waals surface area contributed by atoms with Gasteiger partial charge in [0, 0.05) is 13.0 Å². The molecule has 2 N–H and O–H groups in total. The van der Waals surface area contributed by atoms with Gasteiger partial charge in [0.2, 0.25) is 6.41 Å². The van der Waals surface area contributed by atoms with Gasteiger partial charge in [-0.3, -0.25) is 4.79 Å². The minimum atomic E-state index is -2.29. The Balaban J connectivity index is 0.000000445. The first-order valence-electron chi connectivity index (χ1n) is 9.21. The minimum absolute atomic E-state index is 0.0346. The number of hydrogen-bond acceptors (Lipinski definition) is 5. The van der Waals surface area contributed by atoms with Gasteiger partial charge in [0.15, 0.2) is 5.11 Å². The predicted octanol–water partition coefficient (Wildman–Crippen LogP) is 3.28. The third-order valence-electron chi connectivity index (χ3n) is 4.87. The van der Waals surface area contributed by atoms with Crippen LogP contribution < -0.4 is 10.6 Å². The molecule has 2 rings (SSSR count). The predicted molar refractivity (Wildman–Crippen MR) is 112 cm³/mol. The van der Waals surface area contributed by atoms with Gasteiger partial charge in [-0.25, -0.2) is 0 Å². The molecule has 1 aromatic rings. The van der Waals surface area contributed by atoms with E-state index in [1.54, 1.807) is 7.05 Å². The van der Waals surface area contributed by atoms with E-state index >= 15 is 0 Å². The van der Waals surface area contributed by atoms with Crippen molar-refractivity contribution in [3.8, 4) is 0 Å². The Hall–Kier alpha value is -1.80.